The van der Waals surface area contributed by atoms with Crippen molar-refractivity contribution in [1.82, 2.24) is 0 Å². The number of hydrogen-bond acceptors (Lipinski definition) is 2. The molecule has 0 bridgehead atoms. The molecule has 0 aliphatic heterocycles. The molecule has 0 saturated carbocycles. The van der Waals surface area contributed by atoms with Crippen LogP contribution in [0.15, 0.2) is 156 Å². The van der Waals surface area contributed by atoms with Crippen molar-refractivity contribution in [2.45, 2.75) is 0 Å². The van der Waals surface area contributed by atoms with Crippen LogP contribution in [0.4, 0.5) is 11.4 Å². The molecule has 0 fully saturated rings. The molecule has 6 aromatic carbocycles. The Kier molecular flexibility index (Phi) is 8.39. The summed E-state index contributed by atoms with van der Waals surface area (Å²) in [7, 11) is 9.40. The van der Waals surface area contributed by atoms with Gasteiger partial charge in [-0.25, -0.2) is 9.98 Å². The largest absolute Gasteiger partial charge is 0.245 e. The summed E-state index contributed by atoms with van der Waals surface area (Å²) < 4.78 is 0. The van der Waals surface area contributed by atoms with Gasteiger partial charge in [-0.15, -0.1) is 0 Å². The minimum atomic E-state index is 0.569. The number of para-hydroxylation sites is 2. The molecule has 0 saturated heterocycles. The van der Waals surface area contributed by atoms with Gasteiger partial charge in [0.15, 0.2) is 0 Å². The van der Waals surface area contributed by atoms with Crippen LogP contribution < -0.4 is 0 Å². The van der Waals surface area contributed by atoms with Gasteiger partial charge < -0.3 is 0 Å². The van der Waals surface area contributed by atoms with Crippen LogP contribution in [0.1, 0.15) is 11.1 Å². The Bertz CT molecular complexity index is 1750. The third-order valence-electron chi connectivity index (χ3n) is 7.08. The smallest absolute Gasteiger partial charge is 0.0979 e. The maximum atomic E-state index is 5.34. The van der Waals surface area contributed by atoms with E-state index in [-0.39, 0.29) is 0 Å². The van der Waals surface area contributed by atoms with Gasteiger partial charge in [0.1, 0.15) is 0 Å². The van der Waals surface area contributed by atoms with Crippen molar-refractivity contribution in [2.24, 2.45) is 9.98 Å². The Balaban J connectivity index is 0.000000967. The Morgan fingerprint density at radius 3 is 1.20 bits per heavy atom. The number of nitrogens with zero attached hydrogens (tertiary/aromatic N) is 2. The van der Waals surface area contributed by atoms with Gasteiger partial charge >= 0.3 is 33.0 Å². The number of aliphatic imine (C=N–C) groups is 2. The van der Waals surface area contributed by atoms with Gasteiger partial charge in [-0.1, -0.05) is 133 Å². The van der Waals surface area contributed by atoms with E-state index >= 15 is 0 Å². The van der Waals surface area contributed by atoms with Crippen LogP contribution in [0.5, 0.6) is 0 Å². The Morgan fingerprint density at radius 1 is 0.390 bits per heavy atom. The minimum absolute atomic E-state index is 0.569. The van der Waals surface area contributed by atoms with Gasteiger partial charge in [-0.3, -0.25) is 0 Å². The fraction of sp³-hybridized carbons (Fsp3) is 0. The second-order valence-corrected chi connectivity index (χ2v) is 11.1. The second kappa shape index (κ2) is 12.7. The predicted octanol–water partition coefficient (Wildman–Crippen LogP) is 10.8. The van der Waals surface area contributed by atoms with Crippen LogP contribution in [0, 0.1) is 0 Å². The first-order valence-corrected chi connectivity index (χ1v) is 15.8. The maximum absolute atomic E-state index is 5.34. The van der Waals surface area contributed by atoms with Crippen LogP contribution in [-0.4, -0.2) is 11.4 Å². The molecule has 0 spiro atoms. The molecule has 1 aliphatic rings. The molecule has 7 rings (SSSR count). The summed E-state index contributed by atoms with van der Waals surface area (Å²) >= 11 is 0.569. The van der Waals surface area contributed by atoms with Crippen LogP contribution >= 0.6 is 20.4 Å². The predicted molar refractivity (Wildman–Crippen MR) is 172 cm³/mol. The average Bonchev–Trinajstić information content (AvgIpc) is 3.32. The second-order valence-electron chi connectivity index (χ2n) is 9.44. The zero-order chi connectivity index (χ0) is 28.0. The van der Waals surface area contributed by atoms with E-state index in [1.54, 1.807) is 0 Å². The normalized spacial score (nSPS) is 13.9. The van der Waals surface area contributed by atoms with Crippen molar-refractivity contribution in [3.05, 3.63) is 157 Å². The zero-order valence-corrected chi connectivity index (χ0v) is 24.3. The van der Waals surface area contributed by atoms with Crippen molar-refractivity contribution in [3.8, 4) is 22.3 Å². The molecule has 5 heteroatoms. The SMILES string of the molecule is [Cl][Ni][Cl].c1ccc(-c2ccccc2N=C2C(=Nc3ccccc3-c3ccccc3)c3cccc4cccc2c34)cc1. The summed E-state index contributed by atoms with van der Waals surface area (Å²) in [5.41, 5.74) is 10.4. The van der Waals surface area contributed by atoms with Crippen LogP contribution in [-0.2, 0) is 12.7 Å². The molecule has 202 valence electrons. The number of rotatable bonds is 4. The van der Waals surface area contributed by atoms with Gasteiger partial charge in [-0.05, 0) is 28.6 Å². The van der Waals surface area contributed by atoms with Gasteiger partial charge in [0.05, 0.1) is 22.8 Å². The van der Waals surface area contributed by atoms with Gasteiger partial charge in [-0.2, -0.15) is 0 Å². The summed E-state index contributed by atoms with van der Waals surface area (Å²) in [4.78, 5) is 10.7. The molecule has 41 heavy (non-hydrogen) atoms. The van der Waals surface area contributed by atoms with Gasteiger partial charge in [0, 0.05) is 27.6 Å². The van der Waals surface area contributed by atoms with Crippen molar-refractivity contribution < 1.29 is 12.7 Å². The van der Waals surface area contributed by atoms with Crippen LogP contribution in [0.25, 0.3) is 33.0 Å². The van der Waals surface area contributed by atoms with E-state index in [1.165, 1.54) is 10.8 Å². The van der Waals surface area contributed by atoms with E-state index in [0.717, 1.165) is 56.2 Å². The first kappa shape index (κ1) is 27.2. The summed E-state index contributed by atoms with van der Waals surface area (Å²) in [6, 6.07) is 50.5. The third-order valence-corrected chi connectivity index (χ3v) is 7.08. The zero-order valence-electron chi connectivity index (χ0n) is 21.8. The van der Waals surface area contributed by atoms with E-state index in [9.17, 15) is 0 Å². The van der Waals surface area contributed by atoms with E-state index < -0.39 is 0 Å². The molecule has 0 unspecified atom stereocenters. The van der Waals surface area contributed by atoms with Crippen LogP contribution in [0.2, 0.25) is 0 Å². The topological polar surface area (TPSA) is 24.7 Å². The van der Waals surface area contributed by atoms with Crippen molar-refractivity contribution in [1.29, 1.82) is 0 Å². The fourth-order valence-corrected chi connectivity index (χ4v) is 5.32. The minimum Gasteiger partial charge on any atom is -0.245 e. The molecule has 0 aromatic heterocycles. The summed E-state index contributed by atoms with van der Waals surface area (Å²) in [5.74, 6) is 0. The monoisotopic (exact) mass is 612 g/mol. The van der Waals surface area contributed by atoms with Gasteiger partial charge in [0.2, 0.25) is 0 Å². The summed E-state index contributed by atoms with van der Waals surface area (Å²) in [6.07, 6.45) is 0. The molecule has 0 heterocycles. The van der Waals surface area contributed by atoms with E-state index in [0.29, 0.717) is 12.7 Å². The first-order chi connectivity index (χ1) is 20.3. The Labute approximate surface area is 254 Å². The van der Waals surface area contributed by atoms with Gasteiger partial charge in [0.25, 0.3) is 0 Å². The molecule has 6 aromatic rings. The fourth-order valence-electron chi connectivity index (χ4n) is 5.32. The van der Waals surface area contributed by atoms with E-state index in [4.69, 9.17) is 30.4 Å². The Hall–Kier alpha value is -4.01. The van der Waals surface area contributed by atoms with Crippen molar-refractivity contribution in [2.75, 3.05) is 0 Å². The summed E-state index contributed by atoms with van der Waals surface area (Å²) in [6.45, 7) is 0. The van der Waals surface area contributed by atoms with Crippen molar-refractivity contribution in [3.63, 3.8) is 0 Å². The standard InChI is InChI=1S/C36H24N2.2ClH.Ni/c1-3-13-25(14-4-1)28-19-7-9-23-32(28)37-35-30-21-11-17-27-18-12-22-31(34(27)30)36(35)38-33-24-10-8-20-29(33)26-15-5-2-6-16-26;;;/h1-24H;2*1H;/q;;;+2/p-2. The van der Waals surface area contributed by atoms with Crippen molar-refractivity contribution >= 4 is 54.0 Å². The first-order valence-electron chi connectivity index (χ1n) is 13.1. The number of benzene rings is 6. The third kappa shape index (κ3) is 5.62. The number of halogens is 2. The van der Waals surface area contributed by atoms with Crippen LogP contribution in [0.3, 0.4) is 0 Å². The molecule has 0 N–H and O–H groups in total. The molecule has 1 aliphatic carbocycles. The van der Waals surface area contributed by atoms with E-state index in [2.05, 4.69) is 133 Å². The average molecular weight is 614 g/mol. The Morgan fingerprint density at radius 2 is 0.756 bits per heavy atom. The van der Waals surface area contributed by atoms with E-state index in [1.807, 2.05) is 12.1 Å². The summed E-state index contributed by atoms with van der Waals surface area (Å²) in [5, 5.41) is 2.41. The molecular formula is C36H24Cl2N2Ni. The molecule has 0 radical (unpaired) electrons. The molecular weight excluding hydrogens is 590 g/mol. The molecule has 2 nitrogen and oxygen atoms in total. The number of hydrogen-bond donors (Lipinski definition) is 0. The maximum Gasteiger partial charge on any atom is 0.0979 e. The quantitative estimate of drug-likeness (QED) is 0.177. The molecule has 0 amide bonds. The molecule has 0 atom stereocenters.